The molecule has 1 heterocycles. The summed E-state index contributed by atoms with van der Waals surface area (Å²) >= 11 is 0. The van der Waals surface area contributed by atoms with Gasteiger partial charge in [-0.25, -0.2) is 0 Å². The van der Waals surface area contributed by atoms with Gasteiger partial charge >= 0.3 is 0 Å². The highest BCUT2D eigenvalue weighted by atomic mass is 16.1. The molecule has 1 aromatic heterocycles. The van der Waals surface area contributed by atoms with Gasteiger partial charge in [-0.2, -0.15) is 0 Å². The molecule has 0 aliphatic rings. The van der Waals surface area contributed by atoms with Crippen LogP contribution in [0.25, 0.3) is 10.9 Å². The minimum absolute atomic E-state index is 0.0142. The zero-order valence-corrected chi connectivity index (χ0v) is 12.1. The van der Waals surface area contributed by atoms with E-state index in [9.17, 15) is 4.79 Å². The molecule has 0 aliphatic heterocycles. The van der Waals surface area contributed by atoms with Gasteiger partial charge in [0.1, 0.15) is 0 Å². The number of anilines is 1. The lowest BCUT2D eigenvalue weighted by Crippen LogP contribution is -2.09. The van der Waals surface area contributed by atoms with E-state index in [1.807, 2.05) is 18.2 Å². The molecule has 2 rings (SSSR count). The maximum atomic E-state index is 12.1. The molecule has 0 unspecified atom stereocenters. The fourth-order valence-corrected chi connectivity index (χ4v) is 2.34. The highest BCUT2D eigenvalue weighted by molar-refractivity contribution is 6.05. The summed E-state index contributed by atoms with van der Waals surface area (Å²) in [6.45, 7) is 4.18. The Morgan fingerprint density at radius 2 is 2.00 bits per heavy atom. The maximum Gasteiger partial charge on any atom is 0.185 e. The second-order valence-corrected chi connectivity index (χ2v) is 5.05. The topological polar surface area (TPSA) is 68.9 Å². The van der Waals surface area contributed by atoms with Crippen LogP contribution in [0.2, 0.25) is 0 Å². The largest absolute Gasteiger partial charge is 0.396 e. The van der Waals surface area contributed by atoms with Gasteiger partial charge in [0.25, 0.3) is 0 Å². The van der Waals surface area contributed by atoms with E-state index in [4.69, 9.17) is 5.73 Å². The van der Waals surface area contributed by atoms with Crippen molar-refractivity contribution in [1.29, 1.82) is 0 Å². The Balaban J connectivity index is 2.46. The number of aryl methyl sites for hydroxylation is 1. The number of hydrogen-bond acceptors (Lipinski definition) is 4. The molecule has 0 amide bonds. The van der Waals surface area contributed by atoms with Crippen molar-refractivity contribution in [3.63, 3.8) is 0 Å². The van der Waals surface area contributed by atoms with Crippen molar-refractivity contribution in [3.8, 4) is 0 Å². The molecule has 2 N–H and O–H groups in total. The highest BCUT2D eigenvalue weighted by Crippen LogP contribution is 2.25. The van der Waals surface area contributed by atoms with Crippen LogP contribution in [-0.4, -0.2) is 16.0 Å². The molecule has 0 aliphatic carbocycles. The number of Topliss-reactive ketones (excluding diaryl/α,β-unsaturated/α-hetero) is 1. The Kier molecular flexibility index (Phi) is 4.66. The number of aromatic nitrogens is 2. The van der Waals surface area contributed by atoms with Crippen LogP contribution >= 0.6 is 0 Å². The van der Waals surface area contributed by atoms with E-state index < -0.39 is 0 Å². The van der Waals surface area contributed by atoms with Crippen LogP contribution in [0, 0.1) is 0 Å². The quantitative estimate of drug-likeness (QED) is 0.816. The van der Waals surface area contributed by atoms with Crippen LogP contribution in [0.15, 0.2) is 18.2 Å². The van der Waals surface area contributed by atoms with Crippen molar-refractivity contribution in [2.45, 2.75) is 46.0 Å². The number of unbranched alkanes of at least 4 members (excludes halogenated alkanes) is 1. The fourth-order valence-electron chi connectivity index (χ4n) is 2.34. The van der Waals surface area contributed by atoms with Gasteiger partial charge in [0.2, 0.25) is 0 Å². The Morgan fingerprint density at radius 1 is 1.20 bits per heavy atom. The molecule has 0 saturated heterocycles. The van der Waals surface area contributed by atoms with Crippen LogP contribution in [-0.2, 0) is 6.42 Å². The standard InChI is InChI=1S/C16H21N3O/c1-3-5-10-13(20)16-14(17)12-9-6-8-11(7-4-2)15(12)18-19-16/h6,8-9H,3-5,7,10H2,1-2H3,(H2,17,18). The lowest BCUT2D eigenvalue weighted by Gasteiger charge is -2.09. The number of nitrogen functional groups attached to an aromatic ring is 1. The van der Waals surface area contributed by atoms with Gasteiger partial charge in [0.05, 0.1) is 11.2 Å². The summed E-state index contributed by atoms with van der Waals surface area (Å²) in [6, 6.07) is 5.92. The lowest BCUT2D eigenvalue weighted by molar-refractivity contribution is 0.0975. The first-order valence-corrected chi connectivity index (χ1v) is 7.26. The predicted octanol–water partition coefficient (Wildman–Crippen LogP) is 3.54. The zero-order chi connectivity index (χ0) is 14.5. The van der Waals surface area contributed by atoms with Crippen LogP contribution in [0.4, 0.5) is 5.69 Å². The van der Waals surface area contributed by atoms with E-state index >= 15 is 0 Å². The molecule has 0 radical (unpaired) electrons. The van der Waals surface area contributed by atoms with Gasteiger partial charge in [-0.15, -0.1) is 10.2 Å². The Morgan fingerprint density at radius 3 is 2.70 bits per heavy atom. The number of hydrogen-bond donors (Lipinski definition) is 1. The normalized spacial score (nSPS) is 10.9. The number of carbonyl (C=O) groups excluding carboxylic acids is 1. The molecule has 0 saturated carbocycles. The van der Waals surface area contributed by atoms with E-state index in [2.05, 4.69) is 24.0 Å². The molecule has 2 aromatic rings. The number of nitrogens with two attached hydrogens (primary N) is 1. The number of rotatable bonds is 6. The molecule has 0 spiro atoms. The molecule has 20 heavy (non-hydrogen) atoms. The fraction of sp³-hybridized carbons (Fsp3) is 0.438. The van der Waals surface area contributed by atoms with Crippen molar-refractivity contribution in [3.05, 3.63) is 29.5 Å². The van der Waals surface area contributed by atoms with Crippen LogP contribution in [0.3, 0.4) is 0 Å². The summed E-state index contributed by atoms with van der Waals surface area (Å²) in [7, 11) is 0. The zero-order valence-electron chi connectivity index (χ0n) is 12.1. The third-order valence-electron chi connectivity index (χ3n) is 3.46. The summed E-state index contributed by atoms with van der Waals surface area (Å²) in [6.07, 6.45) is 4.29. The number of benzene rings is 1. The second-order valence-electron chi connectivity index (χ2n) is 5.05. The first-order chi connectivity index (χ1) is 9.69. The van der Waals surface area contributed by atoms with E-state index in [1.54, 1.807) is 0 Å². The van der Waals surface area contributed by atoms with Crippen molar-refractivity contribution < 1.29 is 4.79 Å². The van der Waals surface area contributed by atoms with E-state index in [-0.39, 0.29) is 5.78 Å². The molecule has 0 fully saturated rings. The van der Waals surface area contributed by atoms with Gasteiger partial charge in [-0.05, 0) is 18.4 Å². The molecule has 1 aromatic carbocycles. The minimum Gasteiger partial charge on any atom is -0.396 e. The summed E-state index contributed by atoms with van der Waals surface area (Å²) in [5.74, 6) is -0.0142. The van der Waals surface area contributed by atoms with Crippen molar-refractivity contribution >= 4 is 22.4 Å². The summed E-state index contributed by atoms with van der Waals surface area (Å²) in [5, 5.41) is 9.16. The molecule has 4 heteroatoms. The first kappa shape index (κ1) is 14.4. The maximum absolute atomic E-state index is 12.1. The summed E-state index contributed by atoms with van der Waals surface area (Å²) in [4.78, 5) is 12.1. The van der Waals surface area contributed by atoms with Crippen LogP contribution in [0.1, 0.15) is 55.6 Å². The summed E-state index contributed by atoms with van der Waals surface area (Å²) in [5.41, 5.74) is 8.87. The monoisotopic (exact) mass is 271 g/mol. The smallest absolute Gasteiger partial charge is 0.185 e. The van der Waals surface area contributed by atoms with Crippen molar-refractivity contribution in [2.24, 2.45) is 0 Å². The van der Waals surface area contributed by atoms with Gasteiger partial charge in [-0.1, -0.05) is 44.9 Å². The van der Waals surface area contributed by atoms with Crippen LogP contribution in [0.5, 0.6) is 0 Å². The third-order valence-corrected chi connectivity index (χ3v) is 3.46. The first-order valence-electron chi connectivity index (χ1n) is 7.26. The molecular weight excluding hydrogens is 250 g/mol. The average Bonchev–Trinajstić information content (AvgIpc) is 2.46. The average molecular weight is 271 g/mol. The lowest BCUT2D eigenvalue weighted by atomic mass is 10.0. The molecule has 0 bridgehead atoms. The van der Waals surface area contributed by atoms with Crippen molar-refractivity contribution in [2.75, 3.05) is 5.73 Å². The number of ketones is 1. The molecular formula is C16H21N3O. The predicted molar refractivity (Wildman–Crippen MR) is 81.8 cm³/mol. The number of carbonyl (C=O) groups is 1. The Labute approximate surface area is 119 Å². The second kappa shape index (κ2) is 6.46. The van der Waals surface area contributed by atoms with E-state index in [1.165, 1.54) is 0 Å². The Bertz CT molecular complexity index is 622. The van der Waals surface area contributed by atoms with Gasteiger partial charge < -0.3 is 5.73 Å². The number of nitrogens with zero attached hydrogens (tertiary/aromatic N) is 2. The Hall–Kier alpha value is -1.97. The van der Waals surface area contributed by atoms with E-state index in [0.29, 0.717) is 17.8 Å². The highest BCUT2D eigenvalue weighted by Gasteiger charge is 2.15. The van der Waals surface area contributed by atoms with Crippen molar-refractivity contribution in [1.82, 2.24) is 10.2 Å². The molecule has 4 nitrogen and oxygen atoms in total. The van der Waals surface area contributed by atoms with Gasteiger partial charge in [0, 0.05) is 11.8 Å². The van der Waals surface area contributed by atoms with Gasteiger partial charge in [0.15, 0.2) is 11.5 Å². The number of fused-ring (bicyclic) bond motifs is 1. The summed E-state index contributed by atoms with van der Waals surface area (Å²) < 4.78 is 0. The minimum atomic E-state index is -0.0142. The van der Waals surface area contributed by atoms with E-state index in [0.717, 1.165) is 42.1 Å². The van der Waals surface area contributed by atoms with Crippen LogP contribution < -0.4 is 5.73 Å². The SMILES string of the molecule is CCCCC(=O)c1nnc2c(CCC)cccc2c1N. The molecule has 106 valence electrons. The molecule has 0 atom stereocenters. The third kappa shape index (κ3) is 2.79. The van der Waals surface area contributed by atoms with Gasteiger partial charge in [-0.3, -0.25) is 4.79 Å².